The van der Waals surface area contributed by atoms with E-state index in [9.17, 15) is 8.78 Å². The summed E-state index contributed by atoms with van der Waals surface area (Å²) in [5.41, 5.74) is 0. The zero-order valence-corrected chi connectivity index (χ0v) is 12.3. The van der Waals surface area contributed by atoms with E-state index >= 15 is 0 Å². The fourth-order valence-corrected chi connectivity index (χ4v) is 3.56. The molecule has 102 valence electrons. The predicted octanol–water partition coefficient (Wildman–Crippen LogP) is 4.92. The van der Waals surface area contributed by atoms with Gasteiger partial charge in [-0.05, 0) is 29.6 Å². The van der Waals surface area contributed by atoms with E-state index in [-0.39, 0.29) is 4.90 Å². The van der Waals surface area contributed by atoms with E-state index in [0.717, 1.165) is 40.2 Å². The first-order valence-corrected chi connectivity index (χ1v) is 7.85. The van der Waals surface area contributed by atoms with E-state index in [2.05, 4.69) is 9.97 Å². The van der Waals surface area contributed by atoms with Crippen LogP contribution in [0.5, 0.6) is 0 Å². The van der Waals surface area contributed by atoms with Crippen molar-refractivity contribution in [1.82, 2.24) is 9.97 Å². The van der Waals surface area contributed by atoms with Gasteiger partial charge in [0.05, 0.1) is 5.75 Å². The fourth-order valence-electron chi connectivity index (χ4n) is 1.66. The molecule has 0 unspecified atom stereocenters. The van der Waals surface area contributed by atoms with Crippen LogP contribution in [-0.4, -0.2) is 9.97 Å². The third-order valence-corrected chi connectivity index (χ3v) is 4.70. The number of thioether (sulfide) groups is 1. The summed E-state index contributed by atoms with van der Waals surface area (Å²) in [6.45, 7) is 0. The van der Waals surface area contributed by atoms with Crippen molar-refractivity contribution >= 4 is 44.9 Å². The van der Waals surface area contributed by atoms with Gasteiger partial charge in [0, 0.05) is 10.3 Å². The summed E-state index contributed by atoms with van der Waals surface area (Å²) >= 11 is 8.66. The van der Waals surface area contributed by atoms with E-state index in [1.807, 2.05) is 11.4 Å². The van der Waals surface area contributed by atoms with Gasteiger partial charge in [0.15, 0.2) is 0 Å². The summed E-state index contributed by atoms with van der Waals surface area (Å²) in [7, 11) is 0. The second-order valence-corrected chi connectivity index (χ2v) is 6.20. The maximum absolute atomic E-state index is 13.5. The van der Waals surface area contributed by atoms with Crippen molar-refractivity contribution < 1.29 is 8.78 Å². The number of benzene rings is 1. The highest BCUT2D eigenvalue weighted by Gasteiger charge is 2.10. The molecule has 0 aliphatic rings. The minimum atomic E-state index is -0.471. The first-order chi connectivity index (χ1) is 9.63. The first kappa shape index (κ1) is 13.7. The molecule has 2 heterocycles. The summed E-state index contributed by atoms with van der Waals surface area (Å²) < 4.78 is 26.6. The van der Waals surface area contributed by atoms with Crippen LogP contribution < -0.4 is 0 Å². The van der Waals surface area contributed by atoms with Crippen LogP contribution >= 0.6 is 34.7 Å². The molecule has 0 N–H and O–H groups in total. The van der Waals surface area contributed by atoms with Crippen LogP contribution in [0.2, 0.25) is 5.15 Å². The lowest BCUT2D eigenvalue weighted by Crippen LogP contribution is -1.93. The Hall–Kier alpha value is -1.24. The largest absolute Gasteiger partial charge is 0.221 e. The molecule has 0 aliphatic carbocycles. The molecular weight excluding hydrogens is 322 g/mol. The molecule has 7 heteroatoms. The smallest absolute Gasteiger partial charge is 0.142 e. The highest BCUT2D eigenvalue weighted by molar-refractivity contribution is 7.98. The summed E-state index contributed by atoms with van der Waals surface area (Å²) in [6.07, 6.45) is 0. The number of nitrogens with zero attached hydrogens (tertiary/aromatic N) is 2. The molecule has 2 aromatic heterocycles. The van der Waals surface area contributed by atoms with Crippen LogP contribution in [0.1, 0.15) is 5.82 Å². The Morgan fingerprint density at radius 1 is 1.20 bits per heavy atom. The maximum atomic E-state index is 13.5. The van der Waals surface area contributed by atoms with E-state index in [1.165, 1.54) is 11.3 Å². The van der Waals surface area contributed by atoms with Crippen LogP contribution in [0.4, 0.5) is 8.78 Å². The monoisotopic (exact) mass is 328 g/mol. The number of rotatable bonds is 3. The van der Waals surface area contributed by atoms with Crippen LogP contribution in [0.25, 0.3) is 10.2 Å². The van der Waals surface area contributed by atoms with Crippen molar-refractivity contribution in [3.8, 4) is 0 Å². The van der Waals surface area contributed by atoms with Crippen molar-refractivity contribution in [3.05, 3.63) is 52.3 Å². The third kappa shape index (κ3) is 2.77. The molecule has 0 aliphatic heterocycles. The second-order valence-electron chi connectivity index (χ2n) is 3.93. The van der Waals surface area contributed by atoms with E-state index < -0.39 is 11.6 Å². The number of thiophene rings is 1. The van der Waals surface area contributed by atoms with Gasteiger partial charge in [-0.25, -0.2) is 18.7 Å². The van der Waals surface area contributed by atoms with Crippen molar-refractivity contribution in [2.45, 2.75) is 10.6 Å². The fraction of sp³-hybridized carbons (Fsp3) is 0.0769. The number of aromatic nitrogens is 2. The minimum absolute atomic E-state index is 0.232. The second kappa shape index (κ2) is 5.63. The number of halogens is 3. The highest BCUT2D eigenvalue weighted by Crippen LogP contribution is 2.29. The zero-order chi connectivity index (χ0) is 14.1. The summed E-state index contributed by atoms with van der Waals surface area (Å²) in [5, 5.41) is 3.07. The standard InChI is InChI=1S/C13H7ClF2N2S2/c14-12-8-3-4-19-13(8)18-11(17-12)6-20-10-5-7(15)1-2-9(10)16/h1-5H,6H2. The highest BCUT2D eigenvalue weighted by atomic mass is 35.5. The molecule has 0 spiro atoms. The molecule has 20 heavy (non-hydrogen) atoms. The van der Waals surface area contributed by atoms with Gasteiger partial charge in [-0.2, -0.15) is 0 Å². The molecule has 0 radical (unpaired) electrons. The van der Waals surface area contributed by atoms with Gasteiger partial charge in [0.1, 0.15) is 27.4 Å². The van der Waals surface area contributed by atoms with Crippen LogP contribution in [-0.2, 0) is 5.75 Å². The van der Waals surface area contributed by atoms with Gasteiger partial charge in [-0.15, -0.1) is 23.1 Å². The Morgan fingerprint density at radius 2 is 2.05 bits per heavy atom. The van der Waals surface area contributed by atoms with Crippen LogP contribution in [0, 0.1) is 11.6 Å². The lowest BCUT2D eigenvalue weighted by Gasteiger charge is -2.03. The topological polar surface area (TPSA) is 25.8 Å². The molecule has 0 atom stereocenters. The van der Waals surface area contributed by atoms with Crippen molar-refractivity contribution in [1.29, 1.82) is 0 Å². The van der Waals surface area contributed by atoms with Gasteiger partial charge in [-0.1, -0.05) is 11.6 Å². The van der Waals surface area contributed by atoms with Crippen molar-refractivity contribution in [3.63, 3.8) is 0 Å². The van der Waals surface area contributed by atoms with E-state index in [4.69, 9.17) is 11.6 Å². The first-order valence-electron chi connectivity index (χ1n) is 5.61. The third-order valence-electron chi connectivity index (χ3n) is 2.57. The number of fused-ring (bicyclic) bond motifs is 1. The quantitative estimate of drug-likeness (QED) is 0.504. The van der Waals surface area contributed by atoms with Gasteiger partial charge < -0.3 is 0 Å². The molecule has 2 nitrogen and oxygen atoms in total. The average Bonchev–Trinajstić information content (AvgIpc) is 2.89. The lowest BCUT2D eigenvalue weighted by molar-refractivity contribution is 0.577. The average molecular weight is 329 g/mol. The normalized spacial score (nSPS) is 11.2. The van der Waals surface area contributed by atoms with Crippen LogP contribution in [0.3, 0.4) is 0 Å². The minimum Gasteiger partial charge on any atom is -0.221 e. The lowest BCUT2D eigenvalue weighted by atomic mass is 10.3. The Balaban J connectivity index is 1.84. The molecule has 0 saturated heterocycles. The molecule has 0 amide bonds. The van der Waals surface area contributed by atoms with Crippen LogP contribution in [0.15, 0.2) is 34.5 Å². The molecule has 0 saturated carbocycles. The molecule has 3 rings (SSSR count). The number of hydrogen-bond donors (Lipinski definition) is 0. The molecule has 3 aromatic rings. The van der Waals surface area contributed by atoms with Gasteiger partial charge in [-0.3, -0.25) is 0 Å². The predicted molar refractivity (Wildman–Crippen MR) is 78.3 cm³/mol. The van der Waals surface area contributed by atoms with Crippen molar-refractivity contribution in [2.75, 3.05) is 0 Å². The zero-order valence-electron chi connectivity index (χ0n) is 9.94. The summed E-state index contributed by atoms with van der Waals surface area (Å²) in [5.74, 6) is -0.103. The Kier molecular flexibility index (Phi) is 3.87. The van der Waals surface area contributed by atoms with E-state index in [1.54, 1.807) is 0 Å². The molecule has 0 bridgehead atoms. The van der Waals surface area contributed by atoms with Gasteiger partial charge in [0.2, 0.25) is 0 Å². The van der Waals surface area contributed by atoms with E-state index in [0.29, 0.717) is 16.7 Å². The summed E-state index contributed by atoms with van der Waals surface area (Å²) in [6, 6.07) is 5.20. The summed E-state index contributed by atoms with van der Waals surface area (Å²) in [4.78, 5) is 9.54. The van der Waals surface area contributed by atoms with Gasteiger partial charge >= 0.3 is 0 Å². The molecular formula is C13H7ClF2N2S2. The Labute approximate surface area is 126 Å². The molecule has 0 fully saturated rings. The molecule has 1 aromatic carbocycles. The Morgan fingerprint density at radius 3 is 2.90 bits per heavy atom. The SMILES string of the molecule is Fc1ccc(F)c(SCc2nc(Cl)c3ccsc3n2)c1. The van der Waals surface area contributed by atoms with Crippen molar-refractivity contribution in [2.24, 2.45) is 0 Å². The van der Waals surface area contributed by atoms with Gasteiger partial charge in [0.25, 0.3) is 0 Å². The Bertz CT molecular complexity index is 776. The maximum Gasteiger partial charge on any atom is 0.142 e. The number of hydrogen-bond acceptors (Lipinski definition) is 4.